The van der Waals surface area contributed by atoms with Gasteiger partial charge in [-0.15, -0.1) is 0 Å². The van der Waals surface area contributed by atoms with Crippen LogP contribution >= 0.6 is 11.6 Å². The highest BCUT2D eigenvalue weighted by atomic mass is 35.5. The van der Waals surface area contributed by atoms with Crippen molar-refractivity contribution in [3.05, 3.63) is 64.9 Å². The Hall–Kier alpha value is -2.11. The predicted molar refractivity (Wildman–Crippen MR) is 101 cm³/mol. The molecule has 1 amide bonds. The molecule has 2 aromatic rings. The number of halogens is 2. The Labute approximate surface area is 158 Å². The molecule has 3 rings (SSSR count). The average molecular weight is 377 g/mol. The van der Waals surface area contributed by atoms with E-state index in [0.717, 1.165) is 30.8 Å². The van der Waals surface area contributed by atoms with E-state index < -0.39 is 0 Å². The molecule has 1 heterocycles. The second-order valence-corrected chi connectivity index (χ2v) is 6.69. The fourth-order valence-electron chi connectivity index (χ4n) is 3.03. The molecule has 1 fully saturated rings. The van der Waals surface area contributed by atoms with Crippen LogP contribution < -0.4 is 4.90 Å². The van der Waals surface area contributed by atoms with E-state index in [1.165, 1.54) is 12.1 Å². The van der Waals surface area contributed by atoms with Gasteiger partial charge in [0.05, 0.1) is 6.61 Å². The van der Waals surface area contributed by atoms with Crippen molar-refractivity contribution in [3.63, 3.8) is 0 Å². The molecule has 4 nitrogen and oxygen atoms in total. The lowest BCUT2D eigenvalue weighted by Crippen LogP contribution is -2.37. The summed E-state index contributed by atoms with van der Waals surface area (Å²) in [4.78, 5) is 16.4. The smallest absolute Gasteiger partial charge is 0.248 e. The normalized spacial score (nSPS) is 15.0. The second-order valence-electron chi connectivity index (χ2n) is 6.28. The van der Waals surface area contributed by atoms with Gasteiger partial charge >= 0.3 is 0 Å². The highest BCUT2D eigenvalue weighted by Gasteiger charge is 2.19. The molecular weight excluding hydrogens is 355 g/mol. The summed E-state index contributed by atoms with van der Waals surface area (Å²) in [6.45, 7) is 3.26. The Kier molecular flexibility index (Phi) is 6.47. The van der Waals surface area contributed by atoms with Crippen LogP contribution in [0.3, 0.4) is 0 Å². The average Bonchev–Trinajstić information content (AvgIpc) is 2.90. The lowest BCUT2D eigenvalue weighted by Gasteiger charge is -2.23. The topological polar surface area (TPSA) is 32.8 Å². The minimum atomic E-state index is -0.240. The first-order valence-electron chi connectivity index (χ1n) is 8.73. The van der Waals surface area contributed by atoms with Crippen LogP contribution in [0.5, 0.6) is 0 Å². The number of rotatable bonds is 5. The molecule has 6 heteroatoms. The van der Waals surface area contributed by atoms with Gasteiger partial charge in [0.15, 0.2) is 0 Å². The first kappa shape index (κ1) is 18.7. The summed E-state index contributed by atoms with van der Waals surface area (Å²) in [5, 5.41) is 0.643. The molecule has 0 atom stereocenters. The molecule has 2 aromatic carbocycles. The molecule has 0 radical (unpaired) electrons. The standard InChI is InChI=1S/C20H22ClFN2O2/c21-19-5-2-1-4-16(19)14-26-15-20(25)24-11-3-10-23(12-13-24)18-8-6-17(22)7-9-18/h1-2,4-9H,3,10-15H2. The molecule has 1 aliphatic rings. The second kappa shape index (κ2) is 9.01. The molecule has 0 aromatic heterocycles. The van der Waals surface area contributed by atoms with Crippen LogP contribution in [-0.4, -0.2) is 43.6 Å². The number of nitrogens with zero attached hydrogens (tertiary/aromatic N) is 2. The Balaban J connectivity index is 1.48. The number of carbonyl (C=O) groups excluding carboxylic acids is 1. The fraction of sp³-hybridized carbons (Fsp3) is 0.350. The summed E-state index contributed by atoms with van der Waals surface area (Å²) in [6, 6.07) is 13.9. The molecule has 0 aliphatic carbocycles. The summed E-state index contributed by atoms with van der Waals surface area (Å²) >= 11 is 6.09. The van der Waals surface area contributed by atoms with E-state index in [1.54, 1.807) is 18.2 Å². The number of carbonyl (C=O) groups is 1. The molecule has 26 heavy (non-hydrogen) atoms. The van der Waals surface area contributed by atoms with Crippen LogP contribution in [0.4, 0.5) is 10.1 Å². The van der Waals surface area contributed by atoms with Gasteiger partial charge in [-0.25, -0.2) is 4.39 Å². The highest BCUT2D eigenvalue weighted by Crippen LogP contribution is 2.18. The SMILES string of the molecule is O=C(COCc1ccccc1Cl)N1CCCN(c2ccc(F)cc2)CC1. The summed E-state index contributed by atoms with van der Waals surface area (Å²) in [6.07, 6.45) is 0.869. The van der Waals surface area contributed by atoms with Gasteiger partial charge in [-0.3, -0.25) is 4.79 Å². The van der Waals surface area contributed by atoms with Crippen molar-refractivity contribution >= 4 is 23.2 Å². The number of anilines is 1. The van der Waals surface area contributed by atoms with E-state index in [-0.39, 0.29) is 18.3 Å². The first-order valence-corrected chi connectivity index (χ1v) is 9.11. The summed E-state index contributed by atoms with van der Waals surface area (Å²) < 4.78 is 18.6. The third kappa shape index (κ3) is 4.96. The van der Waals surface area contributed by atoms with Gasteiger partial charge in [0.2, 0.25) is 5.91 Å². The third-order valence-corrected chi connectivity index (χ3v) is 4.85. The molecule has 138 valence electrons. The Morgan fingerprint density at radius 1 is 1.04 bits per heavy atom. The van der Waals surface area contributed by atoms with Crippen LogP contribution in [-0.2, 0) is 16.1 Å². The van der Waals surface area contributed by atoms with Crippen molar-refractivity contribution in [2.45, 2.75) is 13.0 Å². The zero-order valence-corrected chi connectivity index (χ0v) is 15.3. The Morgan fingerprint density at radius 3 is 2.58 bits per heavy atom. The number of hydrogen-bond acceptors (Lipinski definition) is 3. The molecule has 0 bridgehead atoms. The van der Waals surface area contributed by atoms with Crippen molar-refractivity contribution in [1.82, 2.24) is 4.90 Å². The quantitative estimate of drug-likeness (QED) is 0.797. The van der Waals surface area contributed by atoms with Crippen LogP contribution in [0.25, 0.3) is 0 Å². The number of benzene rings is 2. The summed E-state index contributed by atoms with van der Waals surface area (Å²) in [5.41, 5.74) is 1.86. The zero-order valence-electron chi connectivity index (χ0n) is 14.5. The lowest BCUT2D eigenvalue weighted by molar-refractivity contribution is -0.136. The monoisotopic (exact) mass is 376 g/mol. The van der Waals surface area contributed by atoms with E-state index in [1.807, 2.05) is 23.1 Å². The lowest BCUT2D eigenvalue weighted by atomic mass is 10.2. The Morgan fingerprint density at radius 2 is 1.81 bits per heavy atom. The largest absolute Gasteiger partial charge is 0.370 e. The number of hydrogen-bond donors (Lipinski definition) is 0. The molecule has 0 saturated carbocycles. The highest BCUT2D eigenvalue weighted by molar-refractivity contribution is 6.31. The van der Waals surface area contributed by atoms with Crippen LogP contribution in [0.2, 0.25) is 5.02 Å². The van der Waals surface area contributed by atoms with Crippen molar-refractivity contribution in [2.75, 3.05) is 37.7 Å². The third-order valence-electron chi connectivity index (χ3n) is 4.48. The maximum absolute atomic E-state index is 13.1. The van der Waals surface area contributed by atoms with Gasteiger partial charge in [-0.05, 0) is 42.3 Å². The van der Waals surface area contributed by atoms with E-state index >= 15 is 0 Å². The molecule has 1 aliphatic heterocycles. The predicted octanol–water partition coefficient (Wildman–Crippen LogP) is 3.73. The van der Waals surface area contributed by atoms with Gasteiger partial charge in [0, 0.05) is 36.9 Å². The molecular formula is C20H22ClFN2O2. The van der Waals surface area contributed by atoms with E-state index in [4.69, 9.17) is 16.3 Å². The van der Waals surface area contributed by atoms with Gasteiger partial charge in [-0.1, -0.05) is 29.8 Å². The summed E-state index contributed by atoms with van der Waals surface area (Å²) in [7, 11) is 0. The summed E-state index contributed by atoms with van der Waals surface area (Å²) in [5.74, 6) is -0.256. The maximum Gasteiger partial charge on any atom is 0.248 e. The Bertz CT molecular complexity index is 739. The van der Waals surface area contributed by atoms with Crippen molar-refractivity contribution < 1.29 is 13.9 Å². The fourth-order valence-corrected chi connectivity index (χ4v) is 3.22. The van der Waals surface area contributed by atoms with Crippen molar-refractivity contribution in [2.24, 2.45) is 0 Å². The maximum atomic E-state index is 13.1. The van der Waals surface area contributed by atoms with Crippen LogP contribution in [0.15, 0.2) is 48.5 Å². The van der Waals surface area contributed by atoms with Gasteiger partial charge in [0.1, 0.15) is 12.4 Å². The number of ether oxygens (including phenoxy) is 1. The van der Waals surface area contributed by atoms with Crippen molar-refractivity contribution in [1.29, 1.82) is 0 Å². The molecule has 1 saturated heterocycles. The molecule has 0 N–H and O–H groups in total. The molecule has 0 unspecified atom stereocenters. The van der Waals surface area contributed by atoms with E-state index in [0.29, 0.717) is 24.7 Å². The minimum absolute atomic E-state index is 0.0157. The zero-order chi connectivity index (χ0) is 18.4. The van der Waals surface area contributed by atoms with E-state index in [2.05, 4.69) is 4.90 Å². The van der Waals surface area contributed by atoms with E-state index in [9.17, 15) is 9.18 Å². The van der Waals surface area contributed by atoms with Crippen molar-refractivity contribution in [3.8, 4) is 0 Å². The van der Waals surface area contributed by atoms with Gasteiger partial charge in [0.25, 0.3) is 0 Å². The van der Waals surface area contributed by atoms with Gasteiger partial charge in [-0.2, -0.15) is 0 Å². The first-order chi connectivity index (χ1) is 12.6. The molecule has 0 spiro atoms. The number of amides is 1. The van der Waals surface area contributed by atoms with Crippen LogP contribution in [0, 0.1) is 5.82 Å². The van der Waals surface area contributed by atoms with Gasteiger partial charge < -0.3 is 14.5 Å². The minimum Gasteiger partial charge on any atom is -0.370 e. The van der Waals surface area contributed by atoms with Crippen LogP contribution in [0.1, 0.15) is 12.0 Å².